The van der Waals surface area contributed by atoms with Crippen molar-refractivity contribution in [3.8, 4) is 0 Å². The molecule has 0 bridgehead atoms. The fraction of sp³-hybridized carbons (Fsp3) is 1.00. The predicted molar refractivity (Wildman–Crippen MR) is 66.1 cm³/mol. The summed E-state index contributed by atoms with van der Waals surface area (Å²) in [5.74, 6) is 2.68. The van der Waals surface area contributed by atoms with Crippen LogP contribution in [0, 0.1) is 0 Å². The lowest BCUT2D eigenvalue weighted by Crippen LogP contribution is -2.36. The zero-order valence-electron chi connectivity index (χ0n) is 9.59. The Morgan fingerprint density at radius 3 is 3.00 bits per heavy atom. The van der Waals surface area contributed by atoms with E-state index in [0.717, 1.165) is 12.6 Å². The molecule has 0 aliphatic carbocycles. The van der Waals surface area contributed by atoms with Crippen molar-refractivity contribution in [3.05, 3.63) is 0 Å². The fourth-order valence-corrected chi connectivity index (χ4v) is 2.78. The van der Waals surface area contributed by atoms with Crippen LogP contribution in [0.3, 0.4) is 0 Å². The minimum Gasteiger partial charge on any atom is -0.317 e. The summed E-state index contributed by atoms with van der Waals surface area (Å²) in [6, 6.07) is 0.757. The third kappa shape index (κ3) is 4.67. The molecular formula is C11H24N2S. The fourth-order valence-electron chi connectivity index (χ4n) is 1.88. The highest BCUT2D eigenvalue weighted by molar-refractivity contribution is 7.99. The molecule has 1 unspecified atom stereocenters. The van der Waals surface area contributed by atoms with Crippen LogP contribution in [0.2, 0.25) is 0 Å². The number of thioether (sulfide) groups is 1. The minimum absolute atomic E-state index is 0.757. The molecule has 0 amide bonds. The van der Waals surface area contributed by atoms with Gasteiger partial charge in [-0.3, -0.25) is 4.90 Å². The van der Waals surface area contributed by atoms with E-state index >= 15 is 0 Å². The molecule has 1 rings (SSSR count). The first-order valence-electron chi connectivity index (χ1n) is 5.87. The third-order valence-electron chi connectivity index (χ3n) is 2.87. The molecule has 1 fully saturated rings. The van der Waals surface area contributed by atoms with E-state index in [9.17, 15) is 0 Å². The van der Waals surface area contributed by atoms with E-state index < -0.39 is 0 Å². The Morgan fingerprint density at radius 2 is 2.21 bits per heavy atom. The first kappa shape index (κ1) is 12.3. The van der Waals surface area contributed by atoms with Gasteiger partial charge in [-0.1, -0.05) is 6.92 Å². The molecule has 1 N–H and O–H groups in total. The van der Waals surface area contributed by atoms with Crippen molar-refractivity contribution in [2.24, 2.45) is 0 Å². The smallest absolute Gasteiger partial charge is 0.00793 e. The summed E-state index contributed by atoms with van der Waals surface area (Å²) in [6.45, 7) is 9.41. The quantitative estimate of drug-likeness (QED) is 0.706. The van der Waals surface area contributed by atoms with Gasteiger partial charge in [-0.05, 0) is 45.2 Å². The summed E-state index contributed by atoms with van der Waals surface area (Å²) in [5, 5.41) is 3.40. The van der Waals surface area contributed by atoms with Gasteiger partial charge < -0.3 is 5.32 Å². The SMILES string of the molecule is CCNCCC(C)N1CCCSCC1. The van der Waals surface area contributed by atoms with Gasteiger partial charge in [-0.25, -0.2) is 0 Å². The van der Waals surface area contributed by atoms with E-state index in [1.165, 1.54) is 44.0 Å². The molecule has 1 aliphatic rings. The maximum Gasteiger partial charge on any atom is 0.00793 e. The average Bonchev–Trinajstić information content (AvgIpc) is 2.46. The second-order valence-corrected chi connectivity index (χ2v) is 5.22. The van der Waals surface area contributed by atoms with Gasteiger partial charge in [0.15, 0.2) is 0 Å². The summed E-state index contributed by atoms with van der Waals surface area (Å²) in [4.78, 5) is 2.65. The molecule has 0 aromatic heterocycles. The lowest BCUT2D eigenvalue weighted by atomic mass is 10.2. The van der Waals surface area contributed by atoms with Gasteiger partial charge in [0.2, 0.25) is 0 Å². The highest BCUT2D eigenvalue weighted by atomic mass is 32.2. The van der Waals surface area contributed by atoms with Gasteiger partial charge in [0.1, 0.15) is 0 Å². The van der Waals surface area contributed by atoms with E-state index in [1.54, 1.807) is 0 Å². The van der Waals surface area contributed by atoms with Crippen LogP contribution in [0.25, 0.3) is 0 Å². The Bertz CT molecular complexity index is 133. The Morgan fingerprint density at radius 1 is 1.36 bits per heavy atom. The number of nitrogens with zero attached hydrogens (tertiary/aromatic N) is 1. The number of nitrogens with one attached hydrogen (secondary N) is 1. The van der Waals surface area contributed by atoms with Crippen LogP contribution in [0.5, 0.6) is 0 Å². The zero-order chi connectivity index (χ0) is 10.2. The molecule has 1 aliphatic heterocycles. The van der Waals surface area contributed by atoms with Crippen LogP contribution >= 0.6 is 11.8 Å². The van der Waals surface area contributed by atoms with Gasteiger partial charge in [0.25, 0.3) is 0 Å². The van der Waals surface area contributed by atoms with Crippen LogP contribution in [0.4, 0.5) is 0 Å². The van der Waals surface area contributed by atoms with Crippen molar-refractivity contribution < 1.29 is 0 Å². The number of hydrogen-bond acceptors (Lipinski definition) is 3. The lowest BCUT2D eigenvalue weighted by molar-refractivity contribution is 0.214. The highest BCUT2D eigenvalue weighted by Crippen LogP contribution is 2.13. The van der Waals surface area contributed by atoms with E-state index in [-0.39, 0.29) is 0 Å². The zero-order valence-corrected chi connectivity index (χ0v) is 10.4. The molecule has 2 nitrogen and oxygen atoms in total. The first-order chi connectivity index (χ1) is 6.84. The van der Waals surface area contributed by atoms with Crippen LogP contribution in [0.15, 0.2) is 0 Å². The Balaban J connectivity index is 2.16. The third-order valence-corrected chi connectivity index (χ3v) is 3.92. The summed E-state index contributed by atoms with van der Waals surface area (Å²) in [5.41, 5.74) is 0. The van der Waals surface area contributed by atoms with Gasteiger partial charge in [0, 0.05) is 18.3 Å². The molecule has 0 aromatic rings. The van der Waals surface area contributed by atoms with Crippen LogP contribution < -0.4 is 5.32 Å². The normalized spacial score (nSPS) is 21.9. The van der Waals surface area contributed by atoms with Crippen molar-refractivity contribution >= 4 is 11.8 Å². The summed E-state index contributed by atoms with van der Waals surface area (Å²) in [7, 11) is 0. The Hall–Kier alpha value is 0.270. The van der Waals surface area contributed by atoms with Gasteiger partial charge >= 0.3 is 0 Å². The molecule has 0 spiro atoms. The van der Waals surface area contributed by atoms with Gasteiger partial charge in [0.05, 0.1) is 0 Å². The molecule has 3 heteroatoms. The maximum absolute atomic E-state index is 3.40. The maximum atomic E-state index is 3.40. The lowest BCUT2D eigenvalue weighted by Gasteiger charge is -2.27. The molecule has 0 saturated carbocycles. The average molecular weight is 216 g/mol. The summed E-state index contributed by atoms with van der Waals surface area (Å²) >= 11 is 2.11. The van der Waals surface area contributed by atoms with E-state index in [1.807, 2.05) is 0 Å². The molecule has 84 valence electrons. The second-order valence-electron chi connectivity index (χ2n) is 3.99. The molecule has 1 atom stereocenters. The van der Waals surface area contributed by atoms with E-state index in [2.05, 4.69) is 35.8 Å². The van der Waals surface area contributed by atoms with Crippen molar-refractivity contribution in [1.82, 2.24) is 10.2 Å². The van der Waals surface area contributed by atoms with E-state index in [4.69, 9.17) is 0 Å². The molecule has 0 aromatic carbocycles. The Kier molecular flexibility index (Phi) is 6.65. The van der Waals surface area contributed by atoms with Gasteiger partial charge in [-0.15, -0.1) is 0 Å². The standard InChI is InChI=1S/C11H24N2S/c1-3-12-6-5-11(2)13-7-4-9-14-10-8-13/h11-12H,3-10H2,1-2H3. The van der Waals surface area contributed by atoms with Crippen LogP contribution in [-0.4, -0.2) is 48.6 Å². The highest BCUT2D eigenvalue weighted by Gasteiger charge is 2.14. The van der Waals surface area contributed by atoms with Crippen molar-refractivity contribution in [2.45, 2.75) is 32.7 Å². The number of rotatable bonds is 5. The van der Waals surface area contributed by atoms with E-state index in [0.29, 0.717) is 0 Å². The van der Waals surface area contributed by atoms with Crippen molar-refractivity contribution in [3.63, 3.8) is 0 Å². The van der Waals surface area contributed by atoms with Crippen molar-refractivity contribution in [1.29, 1.82) is 0 Å². The monoisotopic (exact) mass is 216 g/mol. The minimum atomic E-state index is 0.757. The molecular weight excluding hydrogens is 192 g/mol. The summed E-state index contributed by atoms with van der Waals surface area (Å²) < 4.78 is 0. The molecule has 0 radical (unpaired) electrons. The largest absolute Gasteiger partial charge is 0.317 e. The van der Waals surface area contributed by atoms with Crippen LogP contribution in [0.1, 0.15) is 26.7 Å². The molecule has 1 saturated heterocycles. The van der Waals surface area contributed by atoms with Crippen molar-refractivity contribution in [2.75, 3.05) is 37.7 Å². The number of hydrogen-bond donors (Lipinski definition) is 1. The molecule has 1 heterocycles. The predicted octanol–water partition coefficient (Wildman–Crippen LogP) is 1.81. The second kappa shape index (κ2) is 7.55. The topological polar surface area (TPSA) is 15.3 Å². The summed E-state index contributed by atoms with van der Waals surface area (Å²) in [6.07, 6.45) is 2.66. The Labute approximate surface area is 92.8 Å². The van der Waals surface area contributed by atoms with Gasteiger partial charge in [-0.2, -0.15) is 11.8 Å². The molecule has 14 heavy (non-hydrogen) atoms. The first-order valence-corrected chi connectivity index (χ1v) is 7.02. The van der Waals surface area contributed by atoms with Crippen LogP contribution in [-0.2, 0) is 0 Å².